The summed E-state index contributed by atoms with van der Waals surface area (Å²) < 4.78 is 4.80. The molecule has 4 nitrogen and oxygen atoms in total. The lowest BCUT2D eigenvalue weighted by molar-refractivity contribution is -0.119. The van der Waals surface area contributed by atoms with Crippen LogP contribution in [0, 0.1) is 5.41 Å². The summed E-state index contributed by atoms with van der Waals surface area (Å²) in [6, 6.07) is 8.23. The van der Waals surface area contributed by atoms with Crippen molar-refractivity contribution >= 4 is 17.3 Å². The molecule has 2 N–H and O–H groups in total. The molecule has 1 saturated carbocycles. The number of methoxy groups -OCH3 is 1. The summed E-state index contributed by atoms with van der Waals surface area (Å²) >= 11 is 0. The number of ether oxygens (including phenoxy) is 1. The van der Waals surface area contributed by atoms with Crippen LogP contribution >= 0.6 is 0 Å². The minimum atomic E-state index is -0.137. The molecule has 0 bridgehead atoms. The second-order valence-corrected chi connectivity index (χ2v) is 5.58. The Balaban J connectivity index is 1.96. The van der Waals surface area contributed by atoms with Gasteiger partial charge in [-0.1, -0.05) is 13.0 Å². The van der Waals surface area contributed by atoms with Gasteiger partial charge in [-0.25, -0.2) is 0 Å². The zero-order valence-corrected chi connectivity index (χ0v) is 11.8. The number of hydrogen-bond acceptors (Lipinski definition) is 3. The van der Waals surface area contributed by atoms with E-state index in [1.165, 1.54) is 20.0 Å². The van der Waals surface area contributed by atoms with Crippen molar-refractivity contribution in [2.24, 2.45) is 5.41 Å². The maximum Gasteiger partial charge on any atom is 0.250 e. The van der Waals surface area contributed by atoms with Crippen LogP contribution in [-0.2, 0) is 9.53 Å². The first kappa shape index (κ1) is 13.9. The van der Waals surface area contributed by atoms with Gasteiger partial charge in [-0.05, 0) is 43.4 Å². The van der Waals surface area contributed by atoms with Crippen molar-refractivity contribution in [2.45, 2.75) is 32.7 Å². The molecule has 104 valence electrons. The average Bonchev–Trinajstić information content (AvgIpc) is 3.09. The summed E-state index contributed by atoms with van der Waals surface area (Å²) in [6.45, 7) is 4.59. The van der Waals surface area contributed by atoms with Crippen molar-refractivity contribution in [2.75, 3.05) is 24.4 Å². The van der Waals surface area contributed by atoms with Gasteiger partial charge in [0, 0.05) is 24.5 Å². The van der Waals surface area contributed by atoms with E-state index in [4.69, 9.17) is 4.74 Å². The molecule has 0 aliphatic heterocycles. The monoisotopic (exact) mass is 262 g/mol. The average molecular weight is 262 g/mol. The smallest absolute Gasteiger partial charge is 0.250 e. The third kappa shape index (κ3) is 3.70. The lowest BCUT2D eigenvalue weighted by Gasteiger charge is -2.22. The van der Waals surface area contributed by atoms with Gasteiger partial charge in [0.25, 0.3) is 0 Å². The molecule has 2 rings (SSSR count). The van der Waals surface area contributed by atoms with Gasteiger partial charge in [0.1, 0.15) is 6.61 Å². The molecule has 0 heterocycles. The fraction of sp³-hybridized carbons (Fsp3) is 0.533. The summed E-state index contributed by atoms with van der Waals surface area (Å²) in [5.74, 6) is -0.137. The lowest BCUT2D eigenvalue weighted by atomic mass is 10.0. The van der Waals surface area contributed by atoms with E-state index in [1.54, 1.807) is 0 Å². The van der Waals surface area contributed by atoms with Crippen molar-refractivity contribution in [1.82, 2.24) is 0 Å². The minimum Gasteiger partial charge on any atom is -0.382 e. The van der Waals surface area contributed by atoms with Gasteiger partial charge in [0.15, 0.2) is 0 Å². The van der Waals surface area contributed by atoms with E-state index in [0.29, 0.717) is 11.5 Å². The molecule has 0 radical (unpaired) electrons. The molecule has 1 unspecified atom stereocenters. The van der Waals surface area contributed by atoms with E-state index in [2.05, 4.69) is 24.5 Å². The predicted molar refractivity (Wildman–Crippen MR) is 77.4 cm³/mol. The van der Waals surface area contributed by atoms with Crippen molar-refractivity contribution < 1.29 is 9.53 Å². The highest BCUT2D eigenvalue weighted by atomic mass is 16.5. The summed E-state index contributed by atoms with van der Waals surface area (Å²) in [5, 5.41) is 6.31. The highest BCUT2D eigenvalue weighted by Gasteiger charge is 2.42. The van der Waals surface area contributed by atoms with E-state index in [0.717, 1.165) is 11.4 Å². The Kier molecular flexibility index (Phi) is 4.10. The van der Waals surface area contributed by atoms with Gasteiger partial charge in [0.05, 0.1) is 0 Å². The lowest BCUT2D eigenvalue weighted by Crippen LogP contribution is -2.25. The molecular weight excluding hydrogens is 240 g/mol. The first-order valence-corrected chi connectivity index (χ1v) is 6.69. The molecule has 1 atom stereocenters. The molecule has 0 saturated heterocycles. The van der Waals surface area contributed by atoms with E-state index in [1.807, 2.05) is 24.3 Å². The maximum atomic E-state index is 11.5. The normalized spacial score (nSPS) is 17.6. The van der Waals surface area contributed by atoms with Crippen LogP contribution in [0.2, 0.25) is 0 Å². The molecule has 1 fully saturated rings. The fourth-order valence-electron chi connectivity index (χ4n) is 2.07. The van der Waals surface area contributed by atoms with Crippen LogP contribution < -0.4 is 10.6 Å². The standard InChI is InChI=1S/C15H22N2O2/c1-11(15(2)7-8-15)16-12-5-4-6-13(9-12)17-14(18)10-19-3/h4-6,9,11,16H,7-8,10H2,1-3H3,(H,17,18). The Bertz CT molecular complexity index is 455. The highest BCUT2D eigenvalue weighted by Crippen LogP contribution is 2.48. The Hall–Kier alpha value is -1.55. The number of amides is 1. The number of carbonyl (C=O) groups excluding carboxylic acids is 1. The number of benzene rings is 1. The van der Waals surface area contributed by atoms with E-state index < -0.39 is 0 Å². The second kappa shape index (κ2) is 5.61. The van der Waals surface area contributed by atoms with Crippen LogP contribution in [0.4, 0.5) is 11.4 Å². The Morgan fingerprint density at radius 2 is 2.11 bits per heavy atom. The second-order valence-electron chi connectivity index (χ2n) is 5.58. The number of hydrogen-bond donors (Lipinski definition) is 2. The van der Waals surface area contributed by atoms with Crippen LogP contribution in [0.25, 0.3) is 0 Å². The van der Waals surface area contributed by atoms with Gasteiger partial charge in [-0.15, -0.1) is 0 Å². The Morgan fingerprint density at radius 1 is 1.42 bits per heavy atom. The van der Waals surface area contributed by atoms with Gasteiger partial charge in [-0.2, -0.15) is 0 Å². The third-order valence-electron chi connectivity index (χ3n) is 3.89. The molecule has 1 aliphatic rings. The molecule has 1 aromatic rings. The van der Waals surface area contributed by atoms with Gasteiger partial charge >= 0.3 is 0 Å². The van der Waals surface area contributed by atoms with Gasteiger partial charge in [-0.3, -0.25) is 4.79 Å². The van der Waals surface area contributed by atoms with E-state index in [9.17, 15) is 4.79 Å². The zero-order valence-electron chi connectivity index (χ0n) is 11.8. The maximum absolute atomic E-state index is 11.5. The van der Waals surface area contributed by atoms with Crippen LogP contribution in [-0.4, -0.2) is 25.7 Å². The number of carbonyl (C=O) groups is 1. The SMILES string of the molecule is COCC(=O)Nc1cccc(NC(C)C2(C)CC2)c1. The number of anilines is 2. The predicted octanol–water partition coefficient (Wildman–Crippen LogP) is 2.87. The van der Waals surface area contributed by atoms with Crippen LogP contribution in [0.5, 0.6) is 0 Å². The first-order chi connectivity index (χ1) is 9.03. The number of rotatable bonds is 6. The van der Waals surface area contributed by atoms with Crippen molar-refractivity contribution in [3.05, 3.63) is 24.3 Å². The van der Waals surface area contributed by atoms with E-state index in [-0.39, 0.29) is 12.5 Å². The molecular formula is C15H22N2O2. The molecule has 1 aromatic carbocycles. The summed E-state index contributed by atoms with van der Waals surface area (Å²) in [7, 11) is 1.51. The van der Waals surface area contributed by atoms with Crippen molar-refractivity contribution in [1.29, 1.82) is 0 Å². The summed E-state index contributed by atoms with van der Waals surface area (Å²) in [5.41, 5.74) is 2.26. The molecule has 1 aliphatic carbocycles. The van der Waals surface area contributed by atoms with E-state index >= 15 is 0 Å². The molecule has 0 aromatic heterocycles. The fourth-order valence-corrected chi connectivity index (χ4v) is 2.07. The number of nitrogens with one attached hydrogen (secondary N) is 2. The highest BCUT2D eigenvalue weighted by molar-refractivity contribution is 5.92. The first-order valence-electron chi connectivity index (χ1n) is 6.69. The minimum absolute atomic E-state index is 0.0755. The van der Waals surface area contributed by atoms with Crippen molar-refractivity contribution in [3.8, 4) is 0 Å². The topological polar surface area (TPSA) is 50.4 Å². The molecule has 19 heavy (non-hydrogen) atoms. The Labute approximate surface area is 114 Å². The molecule has 1 amide bonds. The van der Waals surface area contributed by atoms with Crippen molar-refractivity contribution in [3.63, 3.8) is 0 Å². The largest absolute Gasteiger partial charge is 0.382 e. The molecule has 0 spiro atoms. The quantitative estimate of drug-likeness (QED) is 0.828. The van der Waals surface area contributed by atoms with Crippen LogP contribution in [0.15, 0.2) is 24.3 Å². The summed E-state index contributed by atoms with van der Waals surface area (Å²) in [6.07, 6.45) is 2.57. The van der Waals surface area contributed by atoms with Crippen LogP contribution in [0.3, 0.4) is 0 Å². The van der Waals surface area contributed by atoms with Gasteiger partial charge in [0.2, 0.25) is 5.91 Å². The molecule has 4 heteroatoms. The van der Waals surface area contributed by atoms with Gasteiger partial charge < -0.3 is 15.4 Å². The third-order valence-corrected chi connectivity index (χ3v) is 3.89. The summed E-state index contributed by atoms with van der Waals surface area (Å²) in [4.78, 5) is 11.5. The zero-order chi connectivity index (χ0) is 13.9. The van der Waals surface area contributed by atoms with Crippen LogP contribution in [0.1, 0.15) is 26.7 Å². The Morgan fingerprint density at radius 3 is 2.74 bits per heavy atom.